The van der Waals surface area contributed by atoms with Crippen LogP contribution in [0.1, 0.15) is 10.5 Å². The van der Waals surface area contributed by atoms with Crippen LogP contribution in [-0.4, -0.2) is 28.0 Å². The summed E-state index contributed by atoms with van der Waals surface area (Å²) in [7, 11) is 1.29. The molecule has 0 saturated carbocycles. The Bertz CT molecular complexity index is 469. The molecule has 2 aromatic rings. The average Bonchev–Trinajstić information content (AvgIpc) is 2.82. The molecule has 0 amide bonds. The smallest absolute Gasteiger partial charge is 0.358 e. The van der Waals surface area contributed by atoms with Crippen LogP contribution in [0.5, 0.6) is 0 Å². The Kier molecular flexibility index (Phi) is 3.16. The first-order valence-electron chi connectivity index (χ1n) is 4.27. The molecule has 0 aliphatic rings. The van der Waals surface area contributed by atoms with E-state index in [-0.39, 0.29) is 5.69 Å². The summed E-state index contributed by atoms with van der Waals surface area (Å²) < 4.78 is 9.53. The Morgan fingerprint density at radius 1 is 1.38 bits per heavy atom. The first-order valence-corrected chi connectivity index (χ1v) is 5.09. The maximum absolute atomic E-state index is 11.1. The number of methoxy groups -OCH3 is 1. The van der Waals surface area contributed by atoms with Crippen LogP contribution >= 0.6 is 11.8 Å². The number of hydrogen-bond acceptors (Lipinski definition) is 7. The SMILES string of the molecule is COC(=O)c1cnc(Sc2ncco2)cn1. The predicted molar refractivity (Wildman–Crippen MR) is 54.0 cm³/mol. The molecule has 7 heteroatoms. The van der Waals surface area contributed by atoms with Crippen LogP contribution in [0.25, 0.3) is 0 Å². The van der Waals surface area contributed by atoms with Crippen molar-refractivity contribution in [3.8, 4) is 0 Å². The van der Waals surface area contributed by atoms with Gasteiger partial charge in [-0.1, -0.05) is 0 Å². The summed E-state index contributed by atoms with van der Waals surface area (Å²) in [5.74, 6) is -0.514. The summed E-state index contributed by atoms with van der Waals surface area (Å²) in [4.78, 5) is 22.9. The fourth-order valence-corrected chi connectivity index (χ4v) is 1.54. The third-order valence-electron chi connectivity index (χ3n) is 1.62. The number of carbonyl (C=O) groups excluding carboxylic acids is 1. The summed E-state index contributed by atoms with van der Waals surface area (Å²) >= 11 is 1.22. The number of hydrogen-bond donors (Lipinski definition) is 0. The Balaban J connectivity index is 2.10. The van der Waals surface area contributed by atoms with Gasteiger partial charge < -0.3 is 9.15 Å². The Hall–Kier alpha value is -1.89. The van der Waals surface area contributed by atoms with Crippen LogP contribution in [0.2, 0.25) is 0 Å². The van der Waals surface area contributed by atoms with Crippen LogP contribution in [0.3, 0.4) is 0 Å². The molecule has 0 bridgehead atoms. The van der Waals surface area contributed by atoms with E-state index in [1.54, 1.807) is 6.20 Å². The first-order chi connectivity index (χ1) is 7.79. The van der Waals surface area contributed by atoms with E-state index in [0.29, 0.717) is 10.2 Å². The predicted octanol–water partition coefficient (Wildman–Crippen LogP) is 1.40. The second kappa shape index (κ2) is 4.75. The van der Waals surface area contributed by atoms with Gasteiger partial charge in [-0.15, -0.1) is 0 Å². The number of oxazole rings is 1. The van der Waals surface area contributed by atoms with Gasteiger partial charge in [-0.05, 0) is 11.8 Å². The van der Waals surface area contributed by atoms with Gasteiger partial charge in [0.15, 0.2) is 5.69 Å². The maximum Gasteiger partial charge on any atom is 0.358 e. The number of rotatable bonds is 3. The van der Waals surface area contributed by atoms with Crippen LogP contribution < -0.4 is 0 Å². The van der Waals surface area contributed by atoms with Crippen molar-refractivity contribution in [2.24, 2.45) is 0 Å². The molecule has 0 N–H and O–H groups in total. The van der Waals surface area contributed by atoms with E-state index in [1.807, 2.05) is 0 Å². The number of carbonyl (C=O) groups is 1. The molecule has 0 aromatic carbocycles. The fraction of sp³-hybridized carbons (Fsp3) is 0.111. The highest BCUT2D eigenvalue weighted by Gasteiger charge is 2.09. The molecule has 0 atom stereocenters. The third-order valence-corrected chi connectivity index (χ3v) is 2.42. The lowest BCUT2D eigenvalue weighted by Gasteiger charge is -1.98. The van der Waals surface area contributed by atoms with Gasteiger partial charge in [0.25, 0.3) is 5.22 Å². The van der Waals surface area contributed by atoms with Crippen molar-refractivity contribution in [2.75, 3.05) is 7.11 Å². The molecular weight excluding hydrogens is 230 g/mol. The summed E-state index contributed by atoms with van der Waals surface area (Å²) in [6.45, 7) is 0. The van der Waals surface area contributed by atoms with E-state index in [4.69, 9.17) is 4.42 Å². The second-order valence-corrected chi connectivity index (χ2v) is 3.60. The molecule has 82 valence electrons. The molecule has 0 aliphatic carbocycles. The van der Waals surface area contributed by atoms with E-state index in [9.17, 15) is 4.79 Å². The summed E-state index contributed by atoms with van der Waals surface area (Å²) in [5.41, 5.74) is 0.166. The Labute approximate surface area is 95.1 Å². The summed E-state index contributed by atoms with van der Waals surface area (Å²) in [5, 5.41) is 1.07. The number of esters is 1. The first kappa shape index (κ1) is 10.6. The van der Waals surface area contributed by atoms with Crippen LogP contribution in [0.4, 0.5) is 0 Å². The van der Waals surface area contributed by atoms with Gasteiger partial charge in [0.1, 0.15) is 11.3 Å². The molecule has 2 rings (SSSR count). The van der Waals surface area contributed by atoms with E-state index < -0.39 is 5.97 Å². The lowest BCUT2D eigenvalue weighted by atomic mass is 10.5. The van der Waals surface area contributed by atoms with Crippen molar-refractivity contribution in [1.82, 2.24) is 15.0 Å². The molecule has 0 unspecified atom stereocenters. The molecule has 6 nitrogen and oxygen atoms in total. The van der Waals surface area contributed by atoms with Crippen molar-refractivity contribution in [3.63, 3.8) is 0 Å². The summed E-state index contributed by atoms with van der Waals surface area (Å²) in [6, 6.07) is 0. The normalized spacial score (nSPS) is 10.1. The second-order valence-electron chi connectivity index (χ2n) is 2.63. The van der Waals surface area contributed by atoms with Crippen molar-refractivity contribution in [2.45, 2.75) is 10.2 Å². The molecular formula is C9H7N3O3S. The summed E-state index contributed by atoms with van der Waals surface area (Å²) in [6.07, 6.45) is 5.81. The monoisotopic (exact) mass is 237 g/mol. The van der Waals surface area contributed by atoms with Gasteiger partial charge in [0.05, 0.1) is 25.7 Å². The lowest BCUT2D eigenvalue weighted by molar-refractivity contribution is 0.0593. The third kappa shape index (κ3) is 2.37. The molecule has 0 saturated heterocycles. The molecule has 0 radical (unpaired) electrons. The van der Waals surface area contributed by atoms with Crippen molar-refractivity contribution < 1.29 is 13.9 Å². The fourth-order valence-electron chi connectivity index (χ4n) is 0.929. The Morgan fingerprint density at radius 3 is 2.81 bits per heavy atom. The van der Waals surface area contributed by atoms with E-state index in [1.165, 1.54) is 37.5 Å². The zero-order valence-corrected chi connectivity index (χ0v) is 9.10. The number of aromatic nitrogens is 3. The highest BCUT2D eigenvalue weighted by atomic mass is 32.2. The Morgan fingerprint density at radius 2 is 2.25 bits per heavy atom. The van der Waals surface area contributed by atoms with E-state index in [2.05, 4.69) is 19.7 Å². The molecule has 0 spiro atoms. The van der Waals surface area contributed by atoms with E-state index >= 15 is 0 Å². The van der Waals surface area contributed by atoms with Gasteiger partial charge >= 0.3 is 5.97 Å². The van der Waals surface area contributed by atoms with Gasteiger partial charge in [-0.3, -0.25) is 0 Å². The minimum absolute atomic E-state index is 0.166. The minimum atomic E-state index is -0.514. The van der Waals surface area contributed by atoms with Crippen LogP contribution in [0, 0.1) is 0 Å². The minimum Gasteiger partial charge on any atom is -0.464 e. The molecule has 2 aromatic heterocycles. The highest BCUT2D eigenvalue weighted by Crippen LogP contribution is 2.22. The van der Waals surface area contributed by atoms with Gasteiger partial charge in [0, 0.05) is 0 Å². The zero-order valence-electron chi connectivity index (χ0n) is 8.28. The van der Waals surface area contributed by atoms with E-state index in [0.717, 1.165) is 0 Å². The molecule has 0 fully saturated rings. The van der Waals surface area contributed by atoms with Gasteiger partial charge in [-0.25, -0.2) is 19.7 Å². The van der Waals surface area contributed by atoms with Crippen molar-refractivity contribution >= 4 is 17.7 Å². The van der Waals surface area contributed by atoms with Crippen molar-refractivity contribution in [1.29, 1.82) is 0 Å². The van der Waals surface area contributed by atoms with Crippen LogP contribution in [-0.2, 0) is 4.74 Å². The van der Waals surface area contributed by atoms with Crippen molar-refractivity contribution in [3.05, 3.63) is 30.5 Å². The number of nitrogens with zero attached hydrogens (tertiary/aromatic N) is 3. The maximum atomic E-state index is 11.1. The van der Waals surface area contributed by atoms with Crippen LogP contribution in [0.15, 0.2) is 39.5 Å². The number of ether oxygens (including phenoxy) is 1. The average molecular weight is 237 g/mol. The largest absolute Gasteiger partial charge is 0.464 e. The van der Waals surface area contributed by atoms with Gasteiger partial charge in [0.2, 0.25) is 0 Å². The molecule has 2 heterocycles. The standard InChI is InChI=1S/C9H7N3O3S/c1-14-8(13)6-4-12-7(5-11-6)16-9-10-2-3-15-9/h2-5H,1H3. The quantitative estimate of drug-likeness (QED) is 0.746. The topological polar surface area (TPSA) is 78.1 Å². The highest BCUT2D eigenvalue weighted by molar-refractivity contribution is 7.99. The lowest BCUT2D eigenvalue weighted by Crippen LogP contribution is -2.04. The molecule has 16 heavy (non-hydrogen) atoms. The van der Waals surface area contributed by atoms with Gasteiger partial charge in [-0.2, -0.15) is 0 Å². The molecule has 0 aliphatic heterocycles. The zero-order chi connectivity index (χ0) is 11.4.